The Morgan fingerprint density at radius 3 is 1.88 bits per heavy atom. The summed E-state index contributed by atoms with van der Waals surface area (Å²) in [7, 11) is 0. The first-order valence-electron chi connectivity index (χ1n) is 10.6. The van der Waals surface area contributed by atoms with Gasteiger partial charge in [-0.05, 0) is 37.5 Å². The second kappa shape index (κ2) is 11.6. The van der Waals surface area contributed by atoms with Gasteiger partial charge in [0.05, 0.1) is 6.61 Å². The van der Waals surface area contributed by atoms with E-state index in [1.54, 1.807) is 0 Å². The van der Waals surface area contributed by atoms with E-state index in [2.05, 4.69) is 38.1 Å². The van der Waals surface area contributed by atoms with Crippen molar-refractivity contribution >= 4 is 0 Å². The van der Waals surface area contributed by atoms with Crippen LogP contribution in [0.5, 0.6) is 5.75 Å². The van der Waals surface area contributed by atoms with Gasteiger partial charge >= 0.3 is 0 Å². The van der Waals surface area contributed by atoms with Crippen LogP contribution < -0.4 is 4.74 Å². The SMILES string of the molecule is CCCCCCCCCCCCCc1ccc(OCC2(C)CO2)cc1. The monoisotopic (exact) mass is 346 g/mol. The van der Waals surface area contributed by atoms with Crippen molar-refractivity contribution in [2.45, 2.75) is 96.5 Å². The Morgan fingerprint density at radius 1 is 0.840 bits per heavy atom. The maximum Gasteiger partial charge on any atom is 0.123 e. The Kier molecular flexibility index (Phi) is 9.39. The fraction of sp³-hybridized carbons (Fsp3) is 0.739. The molecule has 1 aliphatic heterocycles. The first kappa shape index (κ1) is 20.3. The van der Waals surface area contributed by atoms with Gasteiger partial charge in [-0.2, -0.15) is 0 Å². The zero-order chi connectivity index (χ0) is 17.8. The molecule has 0 radical (unpaired) electrons. The van der Waals surface area contributed by atoms with Gasteiger partial charge in [0.2, 0.25) is 0 Å². The molecule has 1 aromatic rings. The van der Waals surface area contributed by atoms with E-state index < -0.39 is 0 Å². The molecular weight excluding hydrogens is 308 g/mol. The van der Waals surface area contributed by atoms with E-state index in [4.69, 9.17) is 9.47 Å². The molecule has 2 heteroatoms. The fourth-order valence-electron chi connectivity index (χ4n) is 3.19. The number of ether oxygens (including phenoxy) is 2. The molecule has 1 aliphatic rings. The number of rotatable bonds is 15. The standard InChI is InChI=1S/C23H38O2/c1-3-4-5-6-7-8-9-10-11-12-13-14-21-15-17-22(18-16-21)24-19-23(2)20-25-23/h15-18H,3-14,19-20H2,1-2H3. The van der Waals surface area contributed by atoms with Gasteiger partial charge in [0.15, 0.2) is 0 Å². The minimum Gasteiger partial charge on any atom is -0.491 e. The lowest BCUT2D eigenvalue weighted by atomic mass is 10.0. The normalized spacial score (nSPS) is 19.1. The third kappa shape index (κ3) is 9.30. The van der Waals surface area contributed by atoms with Crippen LogP contribution >= 0.6 is 0 Å². The van der Waals surface area contributed by atoms with Gasteiger partial charge in [-0.1, -0.05) is 83.3 Å². The van der Waals surface area contributed by atoms with Gasteiger partial charge in [0.25, 0.3) is 0 Å². The minimum absolute atomic E-state index is 0.0336. The van der Waals surface area contributed by atoms with E-state index in [1.165, 1.54) is 82.6 Å². The molecule has 1 atom stereocenters. The molecule has 2 nitrogen and oxygen atoms in total. The van der Waals surface area contributed by atoms with Crippen LogP contribution in [0, 0.1) is 0 Å². The fourth-order valence-corrected chi connectivity index (χ4v) is 3.19. The maximum atomic E-state index is 5.77. The second-order valence-corrected chi connectivity index (χ2v) is 7.96. The van der Waals surface area contributed by atoms with Gasteiger partial charge in [-0.25, -0.2) is 0 Å². The number of epoxide rings is 1. The van der Waals surface area contributed by atoms with E-state index >= 15 is 0 Å². The summed E-state index contributed by atoms with van der Waals surface area (Å²) in [6.45, 7) is 5.86. The van der Waals surface area contributed by atoms with Crippen molar-refractivity contribution in [3.8, 4) is 5.75 Å². The Labute approximate surface area is 155 Å². The van der Waals surface area contributed by atoms with Crippen LogP contribution in [0.4, 0.5) is 0 Å². The van der Waals surface area contributed by atoms with Gasteiger partial charge < -0.3 is 9.47 Å². The Bertz CT molecular complexity index is 448. The Balaban J connectivity index is 1.42. The molecule has 0 amide bonds. The summed E-state index contributed by atoms with van der Waals surface area (Å²) in [6, 6.07) is 8.61. The molecule has 1 fully saturated rings. The van der Waals surface area contributed by atoms with Crippen molar-refractivity contribution in [3.63, 3.8) is 0 Å². The zero-order valence-electron chi connectivity index (χ0n) is 16.5. The summed E-state index contributed by atoms with van der Waals surface area (Å²) in [5, 5.41) is 0. The van der Waals surface area contributed by atoms with Crippen molar-refractivity contribution in [2.75, 3.05) is 13.2 Å². The number of unbranched alkanes of at least 4 members (excludes halogenated alkanes) is 10. The predicted octanol–water partition coefficient (Wildman–Crippen LogP) is 6.71. The molecule has 0 spiro atoms. The molecule has 1 heterocycles. The average molecular weight is 347 g/mol. The molecule has 0 saturated carbocycles. The van der Waals surface area contributed by atoms with Crippen molar-refractivity contribution in [3.05, 3.63) is 29.8 Å². The molecule has 0 N–H and O–H groups in total. The lowest BCUT2D eigenvalue weighted by molar-refractivity contribution is 0.202. The number of hydrogen-bond acceptors (Lipinski definition) is 2. The molecule has 0 bridgehead atoms. The summed E-state index contributed by atoms with van der Waals surface area (Å²) in [5.74, 6) is 0.958. The minimum atomic E-state index is -0.0336. The lowest BCUT2D eigenvalue weighted by Crippen LogP contribution is -2.16. The molecule has 2 rings (SSSR count). The van der Waals surface area contributed by atoms with E-state index in [0.717, 1.165) is 12.4 Å². The van der Waals surface area contributed by atoms with Crippen molar-refractivity contribution < 1.29 is 9.47 Å². The van der Waals surface area contributed by atoms with Crippen LogP contribution in [0.3, 0.4) is 0 Å². The lowest BCUT2D eigenvalue weighted by Gasteiger charge is -2.09. The van der Waals surface area contributed by atoms with Crippen molar-refractivity contribution in [1.29, 1.82) is 0 Å². The van der Waals surface area contributed by atoms with Crippen LogP contribution in [0.1, 0.15) is 90.0 Å². The van der Waals surface area contributed by atoms with Gasteiger partial charge in [-0.15, -0.1) is 0 Å². The van der Waals surface area contributed by atoms with Crippen LogP contribution in [-0.4, -0.2) is 18.8 Å². The highest BCUT2D eigenvalue weighted by Crippen LogP contribution is 2.27. The van der Waals surface area contributed by atoms with E-state index in [-0.39, 0.29) is 5.60 Å². The smallest absolute Gasteiger partial charge is 0.123 e. The highest BCUT2D eigenvalue weighted by molar-refractivity contribution is 5.27. The summed E-state index contributed by atoms with van der Waals surface area (Å²) in [4.78, 5) is 0. The van der Waals surface area contributed by atoms with Crippen LogP contribution in [0.2, 0.25) is 0 Å². The molecule has 1 saturated heterocycles. The molecule has 25 heavy (non-hydrogen) atoms. The first-order valence-corrected chi connectivity index (χ1v) is 10.6. The molecule has 0 aliphatic carbocycles. The van der Waals surface area contributed by atoms with E-state index in [9.17, 15) is 0 Å². The maximum absolute atomic E-state index is 5.77. The summed E-state index contributed by atoms with van der Waals surface area (Å²) >= 11 is 0. The summed E-state index contributed by atoms with van der Waals surface area (Å²) < 4.78 is 11.1. The van der Waals surface area contributed by atoms with Crippen molar-refractivity contribution in [1.82, 2.24) is 0 Å². The molecule has 1 aromatic carbocycles. The van der Waals surface area contributed by atoms with Crippen LogP contribution in [0.15, 0.2) is 24.3 Å². The van der Waals surface area contributed by atoms with Gasteiger partial charge in [0.1, 0.15) is 18.0 Å². The molecule has 0 aromatic heterocycles. The topological polar surface area (TPSA) is 21.8 Å². The van der Waals surface area contributed by atoms with Crippen LogP contribution in [0.25, 0.3) is 0 Å². The second-order valence-electron chi connectivity index (χ2n) is 7.96. The molecule has 142 valence electrons. The van der Waals surface area contributed by atoms with E-state index in [1.807, 2.05) is 0 Å². The van der Waals surface area contributed by atoms with Crippen molar-refractivity contribution in [2.24, 2.45) is 0 Å². The quantitative estimate of drug-likeness (QED) is 0.260. The summed E-state index contributed by atoms with van der Waals surface area (Å²) in [6.07, 6.45) is 16.6. The molecular formula is C23H38O2. The molecule has 1 unspecified atom stereocenters. The third-order valence-electron chi connectivity index (χ3n) is 5.17. The Morgan fingerprint density at radius 2 is 1.36 bits per heavy atom. The highest BCUT2D eigenvalue weighted by atomic mass is 16.6. The Hall–Kier alpha value is -1.02. The summed E-state index contributed by atoms with van der Waals surface area (Å²) in [5.41, 5.74) is 1.39. The zero-order valence-corrected chi connectivity index (χ0v) is 16.5. The van der Waals surface area contributed by atoms with Crippen LogP contribution in [-0.2, 0) is 11.2 Å². The van der Waals surface area contributed by atoms with Gasteiger partial charge in [0, 0.05) is 0 Å². The number of aryl methyl sites for hydroxylation is 1. The predicted molar refractivity (Wildman–Crippen MR) is 106 cm³/mol. The first-order chi connectivity index (χ1) is 12.2. The van der Waals surface area contributed by atoms with Gasteiger partial charge in [-0.3, -0.25) is 0 Å². The number of benzene rings is 1. The highest BCUT2D eigenvalue weighted by Gasteiger charge is 2.40. The average Bonchev–Trinajstić information content (AvgIpc) is 3.37. The van der Waals surface area contributed by atoms with E-state index in [0.29, 0.717) is 6.61 Å². The third-order valence-corrected chi connectivity index (χ3v) is 5.17. The largest absolute Gasteiger partial charge is 0.491 e. The number of hydrogen-bond donors (Lipinski definition) is 0.